The molecule has 0 amide bonds. The Morgan fingerprint density at radius 1 is 1.13 bits per heavy atom. The van der Waals surface area contributed by atoms with Gasteiger partial charge in [-0.25, -0.2) is 9.47 Å². The zero-order chi connectivity index (χ0) is 15.3. The van der Waals surface area contributed by atoms with E-state index >= 15 is 0 Å². The molecular weight excluding hydrogens is 439 g/mol. The van der Waals surface area contributed by atoms with E-state index in [9.17, 15) is 0 Å². The highest BCUT2D eigenvalue weighted by atomic mass is 127. The Morgan fingerprint density at radius 2 is 1.87 bits per heavy atom. The molecular formula is C18H16ClIN2S. The van der Waals surface area contributed by atoms with Crippen LogP contribution in [0.4, 0.5) is 10.8 Å². The summed E-state index contributed by atoms with van der Waals surface area (Å²) in [4.78, 5) is 2.25. The maximum Gasteiger partial charge on any atom is 0.341 e. The maximum atomic E-state index is 6.29. The summed E-state index contributed by atoms with van der Waals surface area (Å²) in [6.07, 6.45) is 0. The molecule has 0 saturated carbocycles. The number of benzene rings is 2. The van der Waals surface area contributed by atoms with Crippen LogP contribution in [0.5, 0.6) is 0 Å². The van der Waals surface area contributed by atoms with E-state index in [1.54, 1.807) is 11.3 Å². The number of aryl methyl sites for hydroxylation is 1. The minimum absolute atomic E-state index is 0. The normalized spacial score (nSPS) is 15.6. The van der Waals surface area contributed by atoms with Gasteiger partial charge in [0.05, 0.1) is 7.05 Å². The summed E-state index contributed by atoms with van der Waals surface area (Å²) in [5.41, 5.74) is 5.03. The average molecular weight is 455 g/mol. The summed E-state index contributed by atoms with van der Waals surface area (Å²) >= 11 is 8.07. The Morgan fingerprint density at radius 3 is 2.61 bits per heavy atom. The topological polar surface area (TPSA) is 7.12 Å². The third kappa shape index (κ3) is 2.66. The molecule has 4 rings (SSSR count). The molecule has 0 N–H and O–H groups in total. The molecule has 1 unspecified atom stereocenters. The van der Waals surface area contributed by atoms with Crippen molar-refractivity contribution in [1.82, 2.24) is 0 Å². The standard InChI is InChI=1S/C18H16ClN2S.HI/c1-12-11-22-18-20(2)16-9-8-14(19)10-15(16)17(21(12)18)13-6-4-3-5-7-13;/h3-11,17H,1-2H3;1H/q+1;/p-1. The Balaban J connectivity index is 0.00000156. The molecule has 1 atom stereocenters. The monoisotopic (exact) mass is 454 g/mol. The first-order chi connectivity index (χ1) is 10.7. The van der Waals surface area contributed by atoms with Gasteiger partial charge in [-0.3, -0.25) is 0 Å². The van der Waals surface area contributed by atoms with E-state index in [0.717, 1.165) is 5.02 Å². The summed E-state index contributed by atoms with van der Waals surface area (Å²) in [5, 5.41) is 4.25. The van der Waals surface area contributed by atoms with Crippen molar-refractivity contribution in [2.45, 2.75) is 13.0 Å². The van der Waals surface area contributed by atoms with Gasteiger partial charge in [-0.1, -0.05) is 53.3 Å². The summed E-state index contributed by atoms with van der Waals surface area (Å²) < 4.78 is 2.40. The molecule has 118 valence electrons. The van der Waals surface area contributed by atoms with Crippen molar-refractivity contribution in [1.29, 1.82) is 0 Å². The number of nitrogens with zero attached hydrogens (tertiary/aromatic N) is 2. The van der Waals surface area contributed by atoms with Crippen LogP contribution >= 0.6 is 22.9 Å². The third-order valence-electron chi connectivity index (χ3n) is 4.23. The second-order valence-electron chi connectivity index (χ2n) is 5.61. The van der Waals surface area contributed by atoms with Gasteiger partial charge in [-0.15, -0.1) is 0 Å². The van der Waals surface area contributed by atoms with Gasteiger partial charge in [0.15, 0.2) is 6.04 Å². The van der Waals surface area contributed by atoms with Gasteiger partial charge in [0.25, 0.3) is 0 Å². The van der Waals surface area contributed by atoms with E-state index < -0.39 is 0 Å². The van der Waals surface area contributed by atoms with Gasteiger partial charge in [0.1, 0.15) is 11.4 Å². The van der Waals surface area contributed by atoms with E-state index in [0.29, 0.717) is 0 Å². The van der Waals surface area contributed by atoms with Crippen LogP contribution in [0.3, 0.4) is 0 Å². The number of halogens is 2. The van der Waals surface area contributed by atoms with Crippen molar-refractivity contribution < 1.29 is 28.5 Å². The molecule has 0 radical (unpaired) electrons. The Bertz CT molecular complexity index is 847. The zero-order valence-electron chi connectivity index (χ0n) is 12.8. The number of thiazole rings is 1. The number of hydrogen-bond acceptors (Lipinski definition) is 2. The number of anilines is 2. The molecule has 0 bridgehead atoms. The van der Waals surface area contributed by atoms with Crippen molar-refractivity contribution >= 4 is 33.8 Å². The molecule has 5 heteroatoms. The highest BCUT2D eigenvalue weighted by Gasteiger charge is 2.38. The maximum absolute atomic E-state index is 6.29. The van der Waals surface area contributed by atoms with Gasteiger partial charge in [-0.05, 0) is 25.1 Å². The van der Waals surface area contributed by atoms with Crippen molar-refractivity contribution in [2.24, 2.45) is 0 Å². The molecule has 0 saturated heterocycles. The van der Waals surface area contributed by atoms with Gasteiger partial charge in [0.2, 0.25) is 0 Å². The molecule has 2 aromatic carbocycles. The highest BCUT2D eigenvalue weighted by Crippen LogP contribution is 2.41. The summed E-state index contributed by atoms with van der Waals surface area (Å²) in [5.74, 6) is 0. The van der Waals surface area contributed by atoms with Crippen LogP contribution in [0.2, 0.25) is 5.02 Å². The van der Waals surface area contributed by atoms with E-state index in [-0.39, 0.29) is 30.0 Å². The van der Waals surface area contributed by atoms with Gasteiger partial charge in [-0.2, -0.15) is 0 Å². The molecule has 2 heterocycles. The fourth-order valence-electron chi connectivity index (χ4n) is 3.21. The number of fused-ring (bicyclic) bond motifs is 2. The quantitative estimate of drug-likeness (QED) is 0.401. The van der Waals surface area contributed by atoms with Crippen LogP contribution in [0.25, 0.3) is 0 Å². The second kappa shape index (κ2) is 6.42. The van der Waals surface area contributed by atoms with E-state index in [4.69, 9.17) is 11.6 Å². The van der Waals surface area contributed by atoms with E-state index in [2.05, 4.69) is 71.3 Å². The molecule has 0 fully saturated rings. The second-order valence-corrected chi connectivity index (χ2v) is 6.88. The summed E-state index contributed by atoms with van der Waals surface area (Å²) in [6, 6.07) is 17.0. The van der Waals surface area contributed by atoms with Crippen molar-refractivity contribution in [3.05, 3.63) is 75.8 Å². The summed E-state index contributed by atoms with van der Waals surface area (Å²) in [7, 11) is 2.12. The third-order valence-corrected chi connectivity index (χ3v) is 5.60. The largest absolute Gasteiger partial charge is 1.00 e. The first kappa shape index (κ1) is 16.7. The zero-order valence-corrected chi connectivity index (χ0v) is 16.6. The lowest BCUT2D eigenvalue weighted by molar-refractivity contribution is -0.695. The first-order valence-electron chi connectivity index (χ1n) is 7.24. The lowest BCUT2D eigenvalue weighted by atomic mass is 9.95. The highest BCUT2D eigenvalue weighted by molar-refractivity contribution is 7.13. The molecule has 3 aromatic rings. The van der Waals surface area contributed by atoms with Crippen LogP contribution in [0, 0.1) is 6.92 Å². The molecule has 1 aliphatic heterocycles. The molecule has 0 aliphatic carbocycles. The first-order valence-corrected chi connectivity index (χ1v) is 8.50. The Kier molecular flexibility index (Phi) is 4.67. The van der Waals surface area contributed by atoms with Crippen LogP contribution in [0.1, 0.15) is 22.9 Å². The van der Waals surface area contributed by atoms with Crippen LogP contribution in [-0.2, 0) is 0 Å². The van der Waals surface area contributed by atoms with Gasteiger partial charge < -0.3 is 24.0 Å². The number of hydrogen-bond donors (Lipinski definition) is 0. The predicted molar refractivity (Wildman–Crippen MR) is 92.4 cm³/mol. The minimum Gasteiger partial charge on any atom is -1.00 e. The van der Waals surface area contributed by atoms with Crippen molar-refractivity contribution in [3.8, 4) is 0 Å². The van der Waals surface area contributed by atoms with Crippen LogP contribution < -0.4 is 33.4 Å². The fraction of sp³-hybridized carbons (Fsp3) is 0.167. The smallest absolute Gasteiger partial charge is 0.341 e. The molecule has 0 spiro atoms. The lowest BCUT2D eigenvalue weighted by Crippen LogP contribution is -3.00. The lowest BCUT2D eigenvalue weighted by Gasteiger charge is -2.28. The molecule has 23 heavy (non-hydrogen) atoms. The minimum atomic E-state index is 0. The number of rotatable bonds is 1. The fourth-order valence-corrected chi connectivity index (χ4v) is 4.40. The van der Waals surface area contributed by atoms with Crippen LogP contribution in [0.15, 0.2) is 53.9 Å². The summed E-state index contributed by atoms with van der Waals surface area (Å²) in [6.45, 7) is 2.17. The van der Waals surface area contributed by atoms with E-state index in [1.165, 1.54) is 27.6 Å². The molecule has 2 nitrogen and oxygen atoms in total. The van der Waals surface area contributed by atoms with E-state index in [1.807, 2.05) is 6.07 Å². The molecule has 1 aliphatic rings. The van der Waals surface area contributed by atoms with Crippen molar-refractivity contribution in [3.63, 3.8) is 0 Å². The molecule has 1 aromatic heterocycles. The average Bonchev–Trinajstić information content (AvgIpc) is 2.91. The van der Waals surface area contributed by atoms with Crippen molar-refractivity contribution in [2.75, 3.05) is 11.9 Å². The Labute approximate surface area is 162 Å². The number of aromatic nitrogens is 1. The van der Waals surface area contributed by atoms with Gasteiger partial charge >= 0.3 is 5.13 Å². The van der Waals surface area contributed by atoms with Gasteiger partial charge in [0, 0.05) is 21.5 Å². The SMILES string of the molecule is Cc1csc2[n+]1C(c1ccccc1)c1cc(Cl)ccc1N2C.[I-]. The van der Waals surface area contributed by atoms with Crippen LogP contribution in [-0.4, -0.2) is 7.05 Å². The Hall–Kier alpha value is -1.11. The predicted octanol–water partition coefficient (Wildman–Crippen LogP) is 1.72.